The normalized spacial score (nSPS) is 24.8. The van der Waals surface area contributed by atoms with Crippen molar-refractivity contribution in [3.63, 3.8) is 0 Å². The van der Waals surface area contributed by atoms with Gasteiger partial charge >= 0.3 is 0 Å². The van der Waals surface area contributed by atoms with Crippen LogP contribution < -0.4 is 5.32 Å². The topological polar surface area (TPSA) is 49.3 Å². The van der Waals surface area contributed by atoms with Crippen molar-refractivity contribution in [1.29, 1.82) is 0 Å². The summed E-state index contributed by atoms with van der Waals surface area (Å²) < 4.78 is 0. The van der Waals surface area contributed by atoms with Gasteiger partial charge in [-0.1, -0.05) is 12.8 Å². The molecule has 90 valence electrons. The van der Waals surface area contributed by atoms with Gasteiger partial charge in [0.1, 0.15) is 0 Å². The summed E-state index contributed by atoms with van der Waals surface area (Å²) in [6.07, 6.45) is 11.6. The molecule has 0 saturated heterocycles. The fourth-order valence-electron chi connectivity index (χ4n) is 2.07. The van der Waals surface area contributed by atoms with Gasteiger partial charge < -0.3 is 10.4 Å². The summed E-state index contributed by atoms with van der Waals surface area (Å²) in [6, 6.07) is -0.0334. The third-order valence-electron chi connectivity index (χ3n) is 3.05. The predicted molar refractivity (Wildman–Crippen MR) is 63.7 cm³/mol. The molecule has 0 bridgehead atoms. The Kier molecular flexibility index (Phi) is 5.95. The van der Waals surface area contributed by atoms with Crippen molar-refractivity contribution in [2.24, 2.45) is 0 Å². The number of rotatable bonds is 5. The van der Waals surface area contributed by atoms with E-state index in [-0.39, 0.29) is 18.1 Å². The average Bonchev–Trinajstić information content (AvgIpc) is 2.28. The van der Waals surface area contributed by atoms with Gasteiger partial charge in [-0.2, -0.15) is 0 Å². The molecule has 1 amide bonds. The Hall–Kier alpha value is -1.01. The maximum Gasteiger partial charge on any atom is 0.220 e. The maximum atomic E-state index is 11.5. The van der Waals surface area contributed by atoms with Crippen molar-refractivity contribution in [3.8, 4) is 12.3 Å². The van der Waals surface area contributed by atoms with Gasteiger partial charge in [-0.15, -0.1) is 12.3 Å². The molecule has 0 radical (unpaired) electrons. The first-order valence-electron chi connectivity index (χ1n) is 6.15. The highest BCUT2D eigenvalue weighted by molar-refractivity contribution is 5.76. The van der Waals surface area contributed by atoms with E-state index >= 15 is 0 Å². The largest absolute Gasteiger partial charge is 0.391 e. The fourth-order valence-corrected chi connectivity index (χ4v) is 2.07. The van der Waals surface area contributed by atoms with Crippen molar-refractivity contribution < 1.29 is 9.90 Å². The van der Waals surface area contributed by atoms with Gasteiger partial charge in [-0.25, -0.2) is 0 Å². The lowest BCUT2D eigenvalue weighted by Gasteiger charge is -2.28. The van der Waals surface area contributed by atoms with E-state index < -0.39 is 0 Å². The molecule has 1 aliphatic carbocycles. The van der Waals surface area contributed by atoms with Crippen LogP contribution in [0.4, 0.5) is 0 Å². The molecule has 2 N–H and O–H groups in total. The zero-order chi connectivity index (χ0) is 11.8. The van der Waals surface area contributed by atoms with E-state index in [1.165, 1.54) is 0 Å². The molecular formula is C13H21NO2. The molecule has 0 aromatic heterocycles. The first-order chi connectivity index (χ1) is 7.74. The smallest absolute Gasteiger partial charge is 0.220 e. The summed E-state index contributed by atoms with van der Waals surface area (Å²) in [7, 11) is 0. The quantitative estimate of drug-likeness (QED) is 0.549. The Balaban J connectivity index is 2.15. The minimum Gasteiger partial charge on any atom is -0.391 e. The van der Waals surface area contributed by atoms with Crippen LogP contribution in [0.15, 0.2) is 0 Å². The van der Waals surface area contributed by atoms with E-state index in [1.54, 1.807) is 0 Å². The zero-order valence-corrected chi connectivity index (χ0v) is 9.74. The van der Waals surface area contributed by atoms with Crippen LogP contribution in [0.25, 0.3) is 0 Å². The number of hydrogen-bond donors (Lipinski definition) is 2. The Bertz CT molecular complexity index is 257. The SMILES string of the molecule is C#CCCCCC(=O)NC1CCCCC1O. The molecule has 3 heteroatoms. The maximum absolute atomic E-state index is 11.5. The highest BCUT2D eigenvalue weighted by atomic mass is 16.3. The molecule has 1 saturated carbocycles. The number of unbranched alkanes of at least 4 members (excludes halogenated alkanes) is 2. The lowest BCUT2D eigenvalue weighted by molar-refractivity contribution is -0.123. The predicted octanol–water partition coefficient (Wildman–Crippen LogP) is 1.60. The minimum absolute atomic E-state index is 0.0334. The highest BCUT2D eigenvalue weighted by Crippen LogP contribution is 2.18. The number of amides is 1. The van der Waals surface area contributed by atoms with Crippen LogP contribution in [-0.4, -0.2) is 23.2 Å². The summed E-state index contributed by atoms with van der Waals surface area (Å²) in [5.74, 6) is 2.60. The monoisotopic (exact) mass is 223 g/mol. The second-order valence-corrected chi connectivity index (χ2v) is 4.44. The third-order valence-corrected chi connectivity index (χ3v) is 3.05. The van der Waals surface area contributed by atoms with Crippen LogP contribution in [0.1, 0.15) is 51.4 Å². The number of hydrogen-bond acceptors (Lipinski definition) is 2. The summed E-state index contributed by atoms with van der Waals surface area (Å²) >= 11 is 0. The number of aliphatic hydroxyl groups excluding tert-OH is 1. The van der Waals surface area contributed by atoms with Crippen LogP contribution in [0.3, 0.4) is 0 Å². The number of terminal acetylenes is 1. The molecule has 3 nitrogen and oxygen atoms in total. The van der Waals surface area contributed by atoms with Crippen molar-refractivity contribution in [2.45, 2.75) is 63.5 Å². The van der Waals surface area contributed by atoms with E-state index in [1.807, 2.05) is 0 Å². The summed E-state index contributed by atoms with van der Waals surface area (Å²) in [5, 5.41) is 12.6. The van der Waals surface area contributed by atoms with E-state index in [0.717, 1.165) is 44.9 Å². The van der Waals surface area contributed by atoms with Crippen LogP contribution >= 0.6 is 0 Å². The fraction of sp³-hybridized carbons (Fsp3) is 0.769. The lowest BCUT2D eigenvalue weighted by atomic mass is 9.92. The van der Waals surface area contributed by atoms with Gasteiger partial charge in [0.25, 0.3) is 0 Å². The number of carbonyl (C=O) groups excluding carboxylic acids is 1. The van der Waals surface area contributed by atoms with E-state index in [4.69, 9.17) is 6.42 Å². The number of carbonyl (C=O) groups is 1. The average molecular weight is 223 g/mol. The van der Waals surface area contributed by atoms with E-state index in [0.29, 0.717) is 6.42 Å². The molecule has 2 unspecified atom stereocenters. The minimum atomic E-state index is -0.358. The summed E-state index contributed by atoms with van der Waals surface area (Å²) in [4.78, 5) is 11.5. The molecule has 1 fully saturated rings. The van der Waals surface area contributed by atoms with Gasteiger partial charge in [-0.3, -0.25) is 4.79 Å². The van der Waals surface area contributed by atoms with Gasteiger partial charge in [0, 0.05) is 12.8 Å². The Morgan fingerprint density at radius 1 is 1.38 bits per heavy atom. The first kappa shape index (κ1) is 13.1. The van der Waals surface area contributed by atoms with Crippen LogP contribution in [0, 0.1) is 12.3 Å². The van der Waals surface area contributed by atoms with Crippen molar-refractivity contribution >= 4 is 5.91 Å². The second kappa shape index (κ2) is 7.29. The Labute approximate surface area is 97.6 Å². The molecule has 0 aliphatic heterocycles. The molecule has 1 rings (SSSR count). The highest BCUT2D eigenvalue weighted by Gasteiger charge is 2.23. The molecule has 0 spiro atoms. The molecule has 0 aromatic rings. The van der Waals surface area contributed by atoms with Gasteiger partial charge in [0.15, 0.2) is 0 Å². The molecule has 2 atom stereocenters. The van der Waals surface area contributed by atoms with Crippen molar-refractivity contribution in [1.82, 2.24) is 5.32 Å². The lowest BCUT2D eigenvalue weighted by Crippen LogP contribution is -2.44. The zero-order valence-electron chi connectivity index (χ0n) is 9.74. The van der Waals surface area contributed by atoms with Gasteiger partial charge in [0.2, 0.25) is 5.91 Å². The van der Waals surface area contributed by atoms with Crippen LogP contribution in [0.2, 0.25) is 0 Å². The standard InChI is InChI=1S/C13H21NO2/c1-2-3-4-5-10-13(16)14-11-8-6-7-9-12(11)15/h1,11-12,15H,3-10H2,(H,14,16). The van der Waals surface area contributed by atoms with Crippen LogP contribution in [-0.2, 0) is 4.79 Å². The molecule has 1 aliphatic rings. The summed E-state index contributed by atoms with van der Waals surface area (Å²) in [6.45, 7) is 0. The van der Waals surface area contributed by atoms with E-state index in [2.05, 4.69) is 11.2 Å². The Morgan fingerprint density at radius 3 is 2.81 bits per heavy atom. The van der Waals surface area contributed by atoms with Crippen molar-refractivity contribution in [3.05, 3.63) is 0 Å². The van der Waals surface area contributed by atoms with E-state index in [9.17, 15) is 9.90 Å². The third kappa shape index (κ3) is 4.67. The number of aliphatic hydroxyl groups is 1. The Morgan fingerprint density at radius 2 is 2.12 bits per heavy atom. The summed E-state index contributed by atoms with van der Waals surface area (Å²) in [5.41, 5.74) is 0. The molecule has 0 aromatic carbocycles. The van der Waals surface area contributed by atoms with Gasteiger partial charge in [-0.05, 0) is 25.7 Å². The second-order valence-electron chi connectivity index (χ2n) is 4.44. The van der Waals surface area contributed by atoms with Crippen LogP contribution in [0.5, 0.6) is 0 Å². The first-order valence-corrected chi connectivity index (χ1v) is 6.15. The molecule has 0 heterocycles. The number of nitrogens with one attached hydrogen (secondary N) is 1. The molecular weight excluding hydrogens is 202 g/mol. The molecule has 16 heavy (non-hydrogen) atoms. The van der Waals surface area contributed by atoms with Gasteiger partial charge in [0.05, 0.1) is 12.1 Å². The van der Waals surface area contributed by atoms with Crippen molar-refractivity contribution in [2.75, 3.05) is 0 Å².